The van der Waals surface area contributed by atoms with E-state index in [-0.39, 0.29) is 0 Å². The van der Waals surface area contributed by atoms with Gasteiger partial charge >= 0.3 is 0 Å². The summed E-state index contributed by atoms with van der Waals surface area (Å²) in [6.07, 6.45) is 3.40. The quantitative estimate of drug-likeness (QED) is 0.844. The van der Waals surface area contributed by atoms with Gasteiger partial charge in [-0.15, -0.1) is 0 Å². The van der Waals surface area contributed by atoms with Crippen molar-refractivity contribution < 1.29 is 0 Å². The van der Waals surface area contributed by atoms with E-state index >= 15 is 0 Å². The lowest BCUT2D eigenvalue weighted by Gasteiger charge is -2.17. The maximum absolute atomic E-state index is 6.01. The van der Waals surface area contributed by atoms with Crippen molar-refractivity contribution in [3.63, 3.8) is 0 Å². The normalized spacial score (nSPS) is 12.6. The fourth-order valence-electron chi connectivity index (χ4n) is 1.94. The zero-order valence-electron chi connectivity index (χ0n) is 10.4. The van der Waals surface area contributed by atoms with E-state index in [9.17, 15) is 0 Å². The van der Waals surface area contributed by atoms with Crippen molar-refractivity contribution in [3.05, 3.63) is 47.0 Å². The van der Waals surface area contributed by atoms with Crippen LogP contribution in [0.2, 0.25) is 5.02 Å². The van der Waals surface area contributed by atoms with Gasteiger partial charge in [-0.25, -0.2) is 4.98 Å². The van der Waals surface area contributed by atoms with Crippen LogP contribution in [0.25, 0.3) is 0 Å². The number of nitrogens with zero attached hydrogens (tertiary/aromatic N) is 2. The van der Waals surface area contributed by atoms with Gasteiger partial charge in [0.05, 0.1) is 0 Å². The Balaban J connectivity index is 1.89. The number of aromatic nitrogens is 3. The molecule has 1 heterocycles. The summed E-state index contributed by atoms with van der Waals surface area (Å²) in [5.41, 5.74) is 1.22. The van der Waals surface area contributed by atoms with Gasteiger partial charge in [-0.3, -0.25) is 5.10 Å². The summed E-state index contributed by atoms with van der Waals surface area (Å²) in [6.45, 7) is 3.02. The summed E-state index contributed by atoms with van der Waals surface area (Å²) in [7, 11) is 0. The molecule has 1 atom stereocenters. The molecule has 0 saturated carbocycles. The van der Waals surface area contributed by atoms with Gasteiger partial charge in [0.25, 0.3) is 0 Å². The molecule has 1 unspecified atom stereocenters. The molecule has 0 bridgehead atoms. The Hall–Kier alpha value is -1.39. The van der Waals surface area contributed by atoms with Gasteiger partial charge in [-0.2, -0.15) is 5.10 Å². The lowest BCUT2D eigenvalue weighted by molar-refractivity contribution is 0.519. The first kappa shape index (κ1) is 13.1. The number of hydrogen-bond donors (Lipinski definition) is 2. The highest BCUT2D eigenvalue weighted by Crippen LogP contribution is 2.20. The molecule has 0 spiro atoms. The van der Waals surface area contributed by atoms with E-state index in [0.29, 0.717) is 6.04 Å². The first-order chi connectivity index (χ1) is 8.79. The highest BCUT2D eigenvalue weighted by molar-refractivity contribution is 6.30. The number of hydrogen-bond acceptors (Lipinski definition) is 3. The Kier molecular flexibility index (Phi) is 4.73. The molecule has 1 aromatic heterocycles. The molecule has 1 aromatic carbocycles. The molecule has 0 fully saturated rings. The molecule has 18 heavy (non-hydrogen) atoms. The maximum atomic E-state index is 6.01. The Morgan fingerprint density at radius 2 is 2.33 bits per heavy atom. The van der Waals surface area contributed by atoms with Crippen LogP contribution in [-0.4, -0.2) is 21.7 Å². The van der Waals surface area contributed by atoms with Crippen molar-refractivity contribution in [3.8, 4) is 0 Å². The monoisotopic (exact) mass is 264 g/mol. The molecule has 5 heteroatoms. The maximum Gasteiger partial charge on any atom is 0.137 e. The Bertz CT molecular complexity index is 470. The second-order valence-corrected chi connectivity index (χ2v) is 4.59. The van der Waals surface area contributed by atoms with Crippen molar-refractivity contribution in [2.45, 2.75) is 25.8 Å². The van der Waals surface area contributed by atoms with Crippen LogP contribution >= 0.6 is 11.6 Å². The third-order valence-electron chi connectivity index (χ3n) is 2.88. The van der Waals surface area contributed by atoms with Crippen LogP contribution in [0.1, 0.15) is 30.8 Å². The topological polar surface area (TPSA) is 53.6 Å². The van der Waals surface area contributed by atoms with E-state index in [1.807, 2.05) is 18.2 Å². The minimum absolute atomic E-state index is 0.326. The zero-order valence-corrected chi connectivity index (χ0v) is 11.1. The van der Waals surface area contributed by atoms with Crippen LogP contribution in [0, 0.1) is 0 Å². The third-order valence-corrected chi connectivity index (χ3v) is 3.11. The second-order valence-electron chi connectivity index (χ2n) is 4.15. The number of H-pyrrole nitrogens is 1. The molecule has 0 aliphatic rings. The number of rotatable bonds is 6. The minimum Gasteiger partial charge on any atom is -0.310 e. The van der Waals surface area contributed by atoms with E-state index in [2.05, 4.69) is 33.5 Å². The summed E-state index contributed by atoms with van der Waals surface area (Å²) >= 11 is 6.01. The smallest absolute Gasteiger partial charge is 0.137 e. The molecule has 2 aromatic rings. The van der Waals surface area contributed by atoms with Crippen LogP contribution in [0.5, 0.6) is 0 Å². The zero-order chi connectivity index (χ0) is 12.8. The van der Waals surface area contributed by atoms with E-state index < -0.39 is 0 Å². The summed E-state index contributed by atoms with van der Waals surface area (Å²) in [4.78, 5) is 4.10. The van der Waals surface area contributed by atoms with Crippen molar-refractivity contribution in [1.82, 2.24) is 20.5 Å². The van der Waals surface area contributed by atoms with Crippen LogP contribution in [0.15, 0.2) is 30.6 Å². The van der Waals surface area contributed by atoms with Gasteiger partial charge in [0.15, 0.2) is 0 Å². The Labute approximate surface area is 112 Å². The van der Waals surface area contributed by atoms with Crippen LogP contribution in [-0.2, 0) is 6.42 Å². The first-order valence-electron chi connectivity index (χ1n) is 6.12. The number of nitrogens with one attached hydrogen (secondary N) is 2. The predicted octanol–water partition coefficient (Wildman–Crippen LogP) is 2.74. The van der Waals surface area contributed by atoms with E-state index in [4.69, 9.17) is 11.6 Å². The van der Waals surface area contributed by atoms with E-state index in [0.717, 1.165) is 30.2 Å². The highest BCUT2D eigenvalue weighted by Gasteiger charge is 2.08. The first-order valence-corrected chi connectivity index (χ1v) is 6.50. The lowest BCUT2D eigenvalue weighted by atomic mass is 10.0. The van der Waals surface area contributed by atoms with Gasteiger partial charge < -0.3 is 5.32 Å². The van der Waals surface area contributed by atoms with Crippen molar-refractivity contribution in [2.75, 3.05) is 6.54 Å². The number of aromatic amines is 1. The molecule has 0 aliphatic carbocycles. The van der Waals surface area contributed by atoms with E-state index in [1.165, 1.54) is 11.9 Å². The van der Waals surface area contributed by atoms with Crippen LogP contribution in [0.4, 0.5) is 0 Å². The molecular weight excluding hydrogens is 248 g/mol. The summed E-state index contributed by atoms with van der Waals surface area (Å²) in [6, 6.07) is 8.32. The van der Waals surface area contributed by atoms with Crippen molar-refractivity contribution in [1.29, 1.82) is 0 Å². The van der Waals surface area contributed by atoms with Crippen LogP contribution in [0.3, 0.4) is 0 Å². The molecule has 4 nitrogen and oxygen atoms in total. The van der Waals surface area contributed by atoms with Gasteiger partial charge in [0, 0.05) is 24.0 Å². The fourth-order valence-corrected chi connectivity index (χ4v) is 2.14. The van der Waals surface area contributed by atoms with Crippen molar-refractivity contribution in [2.24, 2.45) is 0 Å². The average molecular weight is 265 g/mol. The molecular formula is C13H17ClN4. The van der Waals surface area contributed by atoms with Crippen LogP contribution < -0.4 is 5.32 Å². The van der Waals surface area contributed by atoms with E-state index in [1.54, 1.807) is 0 Å². The predicted molar refractivity (Wildman–Crippen MR) is 72.6 cm³/mol. The molecule has 0 amide bonds. The lowest BCUT2D eigenvalue weighted by Crippen LogP contribution is -2.23. The number of halogens is 1. The van der Waals surface area contributed by atoms with Gasteiger partial charge in [-0.05, 0) is 24.1 Å². The van der Waals surface area contributed by atoms with Gasteiger partial charge in [0.1, 0.15) is 12.2 Å². The summed E-state index contributed by atoms with van der Waals surface area (Å²) in [5, 5.41) is 11.0. The van der Waals surface area contributed by atoms with Gasteiger partial charge in [-0.1, -0.05) is 30.7 Å². The third kappa shape index (κ3) is 3.55. The largest absolute Gasteiger partial charge is 0.310 e. The molecule has 2 rings (SSSR count). The standard InChI is InChI=1S/C13H17ClN4/c1-2-12(10-4-3-5-11(14)8-10)15-7-6-13-16-9-17-18-13/h3-5,8-9,12,15H,2,6-7H2,1H3,(H,16,17,18). The average Bonchev–Trinajstić information content (AvgIpc) is 2.88. The molecule has 0 saturated heterocycles. The minimum atomic E-state index is 0.326. The second kappa shape index (κ2) is 6.52. The SMILES string of the molecule is CCC(NCCc1ncn[nH]1)c1cccc(Cl)c1. The fraction of sp³-hybridized carbons (Fsp3) is 0.385. The Morgan fingerprint density at radius 3 is 3.00 bits per heavy atom. The van der Waals surface area contributed by atoms with Gasteiger partial charge in [0.2, 0.25) is 0 Å². The molecule has 96 valence electrons. The molecule has 2 N–H and O–H groups in total. The van der Waals surface area contributed by atoms with Crippen molar-refractivity contribution >= 4 is 11.6 Å². The molecule has 0 radical (unpaired) electrons. The Morgan fingerprint density at radius 1 is 1.44 bits per heavy atom. The summed E-state index contributed by atoms with van der Waals surface area (Å²) in [5.74, 6) is 0.906. The summed E-state index contributed by atoms with van der Waals surface area (Å²) < 4.78 is 0. The molecule has 0 aliphatic heterocycles. The number of benzene rings is 1. The highest BCUT2D eigenvalue weighted by atomic mass is 35.5.